The van der Waals surface area contributed by atoms with Gasteiger partial charge < -0.3 is 64.5 Å². The van der Waals surface area contributed by atoms with Crippen LogP contribution in [0.25, 0.3) is 0 Å². The molecular formula is C44H64O18. The highest BCUT2D eigenvalue weighted by molar-refractivity contribution is 5.95. The van der Waals surface area contributed by atoms with Crippen molar-refractivity contribution in [3.8, 4) is 0 Å². The molecule has 0 spiro atoms. The monoisotopic (exact) mass is 880 g/mol. The first-order chi connectivity index (χ1) is 28.6. The summed E-state index contributed by atoms with van der Waals surface area (Å²) in [6.45, 7) is 15.6. The number of allylic oxidation sites excluding steroid dienone is 2. The molecule has 2 saturated heterocycles. The van der Waals surface area contributed by atoms with E-state index in [1.54, 1.807) is 13.0 Å². The zero-order valence-corrected chi connectivity index (χ0v) is 36.6. The lowest BCUT2D eigenvalue weighted by Gasteiger charge is -2.71. The Morgan fingerprint density at radius 2 is 1.27 bits per heavy atom. The fraction of sp³-hybridized carbons (Fsp3) is 0.841. The smallest absolute Gasteiger partial charge is 0.335 e. The lowest BCUT2D eigenvalue weighted by molar-refractivity contribution is -0.371. The summed E-state index contributed by atoms with van der Waals surface area (Å²) in [4.78, 5) is 64.2. The number of fused-ring (bicyclic) bond motifs is 7. The first-order valence-electron chi connectivity index (χ1n) is 21.7. The number of rotatable bonds is 8. The van der Waals surface area contributed by atoms with Crippen molar-refractivity contribution in [2.75, 3.05) is 0 Å². The minimum Gasteiger partial charge on any atom is -0.481 e. The minimum absolute atomic E-state index is 0.0401. The molecular weight excluding hydrogens is 816 g/mol. The van der Waals surface area contributed by atoms with Crippen molar-refractivity contribution in [3.63, 3.8) is 0 Å². The van der Waals surface area contributed by atoms with Gasteiger partial charge >= 0.3 is 23.9 Å². The third-order valence-electron chi connectivity index (χ3n) is 17.6. The van der Waals surface area contributed by atoms with E-state index in [1.165, 1.54) is 6.92 Å². The largest absolute Gasteiger partial charge is 0.481 e. The maximum atomic E-state index is 15.0. The molecule has 18 heteroatoms. The van der Waals surface area contributed by atoms with Crippen LogP contribution < -0.4 is 0 Å². The van der Waals surface area contributed by atoms with Gasteiger partial charge in [0.1, 0.15) is 42.7 Å². The van der Waals surface area contributed by atoms with Crippen molar-refractivity contribution in [2.45, 2.75) is 180 Å². The number of aliphatic hydroxyl groups excluding tert-OH is 5. The number of hydrogen-bond acceptors (Lipinski definition) is 15. The Kier molecular flexibility index (Phi) is 11.8. The molecule has 0 amide bonds. The Morgan fingerprint density at radius 3 is 1.85 bits per heavy atom. The molecule has 3 unspecified atom stereocenters. The summed E-state index contributed by atoms with van der Waals surface area (Å²) in [5.41, 5.74) is -3.24. The van der Waals surface area contributed by atoms with E-state index >= 15 is 4.79 Å². The van der Waals surface area contributed by atoms with Gasteiger partial charge in [0.2, 0.25) is 0 Å². The second-order valence-corrected chi connectivity index (χ2v) is 21.3. The highest BCUT2D eigenvalue weighted by Crippen LogP contribution is 2.75. The van der Waals surface area contributed by atoms with E-state index < -0.39 is 136 Å². The quantitative estimate of drug-likeness (QED) is 0.127. The number of hydrogen-bond donors (Lipinski definition) is 8. The molecule has 348 valence electrons. The van der Waals surface area contributed by atoms with Crippen LogP contribution in [0.3, 0.4) is 0 Å². The molecule has 0 aromatic carbocycles. The van der Waals surface area contributed by atoms with Crippen molar-refractivity contribution >= 4 is 29.7 Å². The van der Waals surface area contributed by atoms with Crippen LogP contribution in [0.15, 0.2) is 11.6 Å². The Morgan fingerprint density at radius 1 is 0.677 bits per heavy atom. The van der Waals surface area contributed by atoms with Gasteiger partial charge in [0.25, 0.3) is 0 Å². The second-order valence-electron chi connectivity index (χ2n) is 21.3. The molecule has 0 radical (unpaired) electrons. The van der Waals surface area contributed by atoms with Gasteiger partial charge in [-0.25, -0.2) is 9.59 Å². The summed E-state index contributed by atoms with van der Waals surface area (Å²) in [5, 5.41) is 83.4. The third kappa shape index (κ3) is 6.88. The van der Waals surface area contributed by atoms with Gasteiger partial charge in [-0.3, -0.25) is 14.4 Å². The lowest BCUT2D eigenvalue weighted by atomic mass is 9.33. The second kappa shape index (κ2) is 15.5. The van der Waals surface area contributed by atoms with Crippen LogP contribution in [-0.2, 0) is 47.7 Å². The van der Waals surface area contributed by atoms with Crippen molar-refractivity contribution in [3.05, 3.63) is 11.6 Å². The number of esters is 1. The fourth-order valence-electron chi connectivity index (χ4n) is 13.8. The number of aliphatic hydroxyl groups is 5. The predicted octanol–water partition coefficient (Wildman–Crippen LogP) is 1.79. The van der Waals surface area contributed by atoms with Gasteiger partial charge in [-0.1, -0.05) is 47.1 Å². The highest BCUT2D eigenvalue weighted by atomic mass is 16.8. The zero-order chi connectivity index (χ0) is 46.0. The van der Waals surface area contributed by atoms with Crippen molar-refractivity contribution in [1.29, 1.82) is 0 Å². The molecule has 7 rings (SSSR count). The Balaban J connectivity index is 1.19. The van der Waals surface area contributed by atoms with Gasteiger partial charge in [0.15, 0.2) is 30.6 Å². The van der Waals surface area contributed by atoms with Crippen molar-refractivity contribution in [1.82, 2.24) is 0 Å². The Bertz CT molecular complexity index is 1880. The molecule has 0 aromatic heterocycles. The molecule has 6 fully saturated rings. The van der Waals surface area contributed by atoms with Crippen LogP contribution in [0.4, 0.5) is 0 Å². The number of carbonyl (C=O) groups excluding carboxylic acids is 2. The van der Waals surface area contributed by atoms with Crippen LogP contribution >= 0.6 is 0 Å². The Hall–Kier alpha value is -3.07. The average Bonchev–Trinajstić information content (AvgIpc) is 3.16. The molecule has 2 aliphatic heterocycles. The zero-order valence-electron chi connectivity index (χ0n) is 36.6. The standard InChI is InChI=1S/C44H64O18/c1-18(45)58-24-17-40(4,38(56)57)16-20-19-15-21(46)33-42(6)11-10-23(39(2,3)22(42)9-12-44(33,8)43(19,7)14-13-41(20,24)5)59-37-32(28(50)27(49)31(61-37)35(54)55)62-36-29(51)25(47)26(48)30(60-36)34(52)53/h15,20,22-33,36-37,47-51H,9-14,16-17H2,1-8H3,(H,52,53)(H,54,55)(H,56,57)/t20?,22?,23-,24-,25-,26-,27-,28-,29+,30-,31-,32+,33?,36-,37+,40+,41+,42-,43+,44+/m0/s1. The molecule has 5 aliphatic carbocycles. The van der Waals surface area contributed by atoms with Gasteiger partial charge in [-0.05, 0) is 91.4 Å². The third-order valence-corrected chi connectivity index (χ3v) is 17.6. The van der Waals surface area contributed by atoms with E-state index in [1.807, 2.05) is 13.8 Å². The molecule has 8 N–H and O–H groups in total. The van der Waals surface area contributed by atoms with E-state index in [9.17, 15) is 60.0 Å². The number of ketones is 1. The van der Waals surface area contributed by atoms with Gasteiger partial charge in [0, 0.05) is 24.7 Å². The molecule has 7 aliphatic rings. The summed E-state index contributed by atoms with van der Waals surface area (Å²) < 4.78 is 29.3. The van der Waals surface area contributed by atoms with Crippen molar-refractivity contribution < 1.29 is 88.5 Å². The molecule has 20 atom stereocenters. The van der Waals surface area contributed by atoms with Crippen LogP contribution in [0, 0.1) is 50.2 Å². The normalized spacial score (nSPS) is 51.0. The number of carbonyl (C=O) groups is 5. The topological polar surface area (TPSA) is 293 Å². The first-order valence-corrected chi connectivity index (χ1v) is 21.7. The van der Waals surface area contributed by atoms with E-state index in [4.69, 9.17) is 23.7 Å². The van der Waals surface area contributed by atoms with Gasteiger partial charge in [-0.2, -0.15) is 0 Å². The SMILES string of the molecule is CC(=O)O[C@H]1C[C@](C)(C(=O)O)CC2C3=CC(=O)C4[C@@]5(C)CC[C@H](O[C@@H]6O[C@H](C(=O)O)[C@@H](O)[C@H](O)[C@H]6O[C@@H]6O[C@H](C(=O)O)[C@@H](O)[C@H](O)[C@H]6O)C(C)(C)C5CC[C@@]4(C)[C@]3(C)CC[C@]21C. The van der Waals surface area contributed by atoms with E-state index in [-0.39, 0.29) is 24.0 Å². The molecule has 4 saturated carbocycles. The molecule has 0 bridgehead atoms. The summed E-state index contributed by atoms with van der Waals surface area (Å²) in [6.07, 6.45) is -15.5. The van der Waals surface area contributed by atoms with Crippen LogP contribution in [-0.4, -0.2) is 144 Å². The number of carboxylic acid groups (broad SMARTS) is 3. The van der Waals surface area contributed by atoms with E-state index in [2.05, 4.69) is 27.7 Å². The van der Waals surface area contributed by atoms with Crippen LogP contribution in [0.1, 0.15) is 107 Å². The minimum atomic E-state index is -2.07. The average molecular weight is 881 g/mol. The van der Waals surface area contributed by atoms with Crippen LogP contribution in [0.5, 0.6) is 0 Å². The maximum absolute atomic E-state index is 15.0. The number of ether oxygens (including phenoxy) is 5. The van der Waals surface area contributed by atoms with E-state index in [0.717, 1.165) is 5.57 Å². The highest BCUT2D eigenvalue weighted by Gasteiger charge is 2.72. The van der Waals surface area contributed by atoms with E-state index in [0.29, 0.717) is 44.9 Å². The van der Waals surface area contributed by atoms with Crippen LogP contribution in [0.2, 0.25) is 0 Å². The summed E-state index contributed by atoms with van der Waals surface area (Å²) in [7, 11) is 0. The summed E-state index contributed by atoms with van der Waals surface area (Å²) in [5.74, 6) is -5.74. The number of aliphatic carboxylic acids is 3. The molecule has 18 nitrogen and oxygen atoms in total. The predicted molar refractivity (Wildman–Crippen MR) is 210 cm³/mol. The maximum Gasteiger partial charge on any atom is 0.335 e. The summed E-state index contributed by atoms with van der Waals surface area (Å²) >= 11 is 0. The molecule has 2 heterocycles. The number of carboxylic acids is 3. The Labute approximate surface area is 359 Å². The molecule has 62 heavy (non-hydrogen) atoms. The fourth-order valence-corrected chi connectivity index (χ4v) is 13.8. The first kappa shape index (κ1) is 46.9. The van der Waals surface area contributed by atoms with Crippen molar-refractivity contribution in [2.24, 2.45) is 50.2 Å². The van der Waals surface area contributed by atoms with Gasteiger partial charge in [0.05, 0.1) is 11.5 Å². The lowest BCUT2D eigenvalue weighted by Crippen LogP contribution is -2.68. The van der Waals surface area contributed by atoms with Gasteiger partial charge in [-0.15, -0.1) is 0 Å². The molecule has 0 aromatic rings. The summed E-state index contributed by atoms with van der Waals surface area (Å²) in [6, 6.07) is 0.